The van der Waals surface area contributed by atoms with Gasteiger partial charge in [-0.05, 0) is 36.8 Å². The number of ether oxygens (including phenoxy) is 2. The lowest BCUT2D eigenvalue weighted by atomic mass is 10.0. The number of hydrogen-bond acceptors (Lipinski definition) is 8. The first-order valence-electron chi connectivity index (χ1n) is 9.82. The van der Waals surface area contributed by atoms with E-state index in [9.17, 15) is 8.78 Å². The maximum Gasteiger partial charge on any atom is 0.230 e. The predicted molar refractivity (Wildman–Crippen MR) is 117 cm³/mol. The van der Waals surface area contributed by atoms with E-state index in [4.69, 9.17) is 15.2 Å². The van der Waals surface area contributed by atoms with Crippen LogP contribution >= 0.6 is 0 Å². The number of anilines is 3. The van der Waals surface area contributed by atoms with Gasteiger partial charge in [0.2, 0.25) is 11.8 Å². The van der Waals surface area contributed by atoms with Crippen molar-refractivity contribution in [1.82, 2.24) is 15.0 Å². The molecule has 3 aromatic rings. The quantitative estimate of drug-likeness (QED) is 0.618. The summed E-state index contributed by atoms with van der Waals surface area (Å²) in [5, 5.41) is 3.03. The van der Waals surface area contributed by atoms with Crippen molar-refractivity contribution >= 4 is 23.3 Å². The molecule has 166 valence electrons. The van der Waals surface area contributed by atoms with Crippen molar-refractivity contribution in [2.24, 2.45) is 5.73 Å². The van der Waals surface area contributed by atoms with E-state index >= 15 is 0 Å². The third kappa shape index (κ3) is 4.11. The molecule has 32 heavy (non-hydrogen) atoms. The summed E-state index contributed by atoms with van der Waals surface area (Å²) in [6, 6.07) is 6.50. The predicted octanol–water partition coefficient (Wildman–Crippen LogP) is 3.79. The fraction of sp³-hybridized carbons (Fsp3) is 0.227. The molecule has 0 aliphatic carbocycles. The third-order valence-electron chi connectivity index (χ3n) is 5.12. The summed E-state index contributed by atoms with van der Waals surface area (Å²) in [6.07, 6.45) is 3.29. The summed E-state index contributed by atoms with van der Waals surface area (Å²) < 4.78 is 38.5. The van der Waals surface area contributed by atoms with Gasteiger partial charge in [-0.15, -0.1) is 0 Å². The second-order valence-corrected chi connectivity index (χ2v) is 7.14. The first-order chi connectivity index (χ1) is 15.4. The monoisotopic (exact) mass is 440 g/mol. The van der Waals surface area contributed by atoms with Crippen molar-refractivity contribution in [1.29, 1.82) is 0 Å². The lowest BCUT2D eigenvalue weighted by molar-refractivity contribution is 0.264. The summed E-state index contributed by atoms with van der Waals surface area (Å²) in [4.78, 5) is 15.0. The molecule has 1 unspecified atom stereocenters. The van der Waals surface area contributed by atoms with E-state index in [1.54, 1.807) is 30.2 Å². The molecule has 1 aromatic carbocycles. The molecule has 3 N–H and O–H groups in total. The van der Waals surface area contributed by atoms with Crippen molar-refractivity contribution in [3.8, 4) is 11.6 Å². The van der Waals surface area contributed by atoms with E-state index in [1.165, 1.54) is 25.4 Å². The van der Waals surface area contributed by atoms with E-state index < -0.39 is 17.7 Å². The summed E-state index contributed by atoms with van der Waals surface area (Å²) in [5.41, 5.74) is 7.64. The first-order valence-corrected chi connectivity index (χ1v) is 9.82. The average Bonchev–Trinajstić information content (AvgIpc) is 2.78. The number of fused-ring (bicyclic) bond motifs is 1. The van der Waals surface area contributed by atoms with Crippen LogP contribution in [0, 0.1) is 11.6 Å². The lowest BCUT2D eigenvalue weighted by Crippen LogP contribution is -2.34. The van der Waals surface area contributed by atoms with Gasteiger partial charge in [0.25, 0.3) is 0 Å². The minimum Gasteiger partial charge on any atom is -0.486 e. The topological polar surface area (TPSA) is 98.4 Å². The first kappa shape index (κ1) is 21.3. The molecule has 0 saturated carbocycles. The molecule has 2 aromatic heterocycles. The Morgan fingerprint density at radius 2 is 2.00 bits per heavy atom. The molecule has 4 rings (SSSR count). The van der Waals surface area contributed by atoms with Gasteiger partial charge in [0.15, 0.2) is 11.6 Å². The van der Waals surface area contributed by atoms with E-state index in [0.29, 0.717) is 40.1 Å². The second kappa shape index (κ2) is 8.66. The third-order valence-corrected chi connectivity index (χ3v) is 5.12. The van der Waals surface area contributed by atoms with E-state index in [2.05, 4.69) is 20.3 Å². The van der Waals surface area contributed by atoms with Crippen LogP contribution in [0.15, 0.2) is 42.6 Å². The normalized spacial score (nSPS) is 15.7. The molecule has 8 nitrogen and oxygen atoms in total. The van der Waals surface area contributed by atoms with Gasteiger partial charge in [-0.1, -0.05) is 6.08 Å². The molecule has 10 heteroatoms. The Bertz CT molecular complexity index is 1170. The maximum atomic E-state index is 13.7. The summed E-state index contributed by atoms with van der Waals surface area (Å²) in [7, 11) is 3.29. The van der Waals surface area contributed by atoms with Gasteiger partial charge in [-0.2, -0.15) is 9.97 Å². The van der Waals surface area contributed by atoms with Gasteiger partial charge < -0.3 is 25.4 Å². The van der Waals surface area contributed by atoms with Crippen LogP contribution in [0.3, 0.4) is 0 Å². The Kier molecular flexibility index (Phi) is 5.76. The zero-order valence-corrected chi connectivity index (χ0v) is 17.8. The van der Waals surface area contributed by atoms with Crippen LogP contribution in [0.2, 0.25) is 0 Å². The van der Waals surface area contributed by atoms with Crippen LogP contribution in [-0.4, -0.2) is 35.7 Å². The van der Waals surface area contributed by atoms with E-state index in [0.717, 1.165) is 6.07 Å². The van der Waals surface area contributed by atoms with Crippen LogP contribution < -0.4 is 25.4 Å². The number of methoxy groups -OCH3 is 1. The minimum absolute atomic E-state index is 0.203. The zero-order valence-electron chi connectivity index (χ0n) is 17.8. The van der Waals surface area contributed by atoms with Gasteiger partial charge in [0.1, 0.15) is 24.1 Å². The Morgan fingerprint density at radius 3 is 2.69 bits per heavy atom. The van der Waals surface area contributed by atoms with Crippen molar-refractivity contribution in [3.05, 3.63) is 65.4 Å². The molecule has 0 radical (unpaired) electrons. The van der Waals surface area contributed by atoms with Gasteiger partial charge in [0.05, 0.1) is 24.9 Å². The molecular weight excluding hydrogens is 418 g/mol. The number of rotatable bonds is 5. The number of benzene rings is 1. The number of pyridine rings is 1. The van der Waals surface area contributed by atoms with Crippen molar-refractivity contribution < 1.29 is 18.3 Å². The van der Waals surface area contributed by atoms with E-state index in [1.807, 2.05) is 6.92 Å². The molecule has 1 aliphatic rings. The smallest absolute Gasteiger partial charge is 0.230 e. The maximum absolute atomic E-state index is 13.7. The number of halogens is 2. The van der Waals surface area contributed by atoms with Crippen LogP contribution in [-0.2, 0) is 0 Å². The number of nitrogens with one attached hydrogen (secondary N) is 1. The zero-order chi connectivity index (χ0) is 22.8. The summed E-state index contributed by atoms with van der Waals surface area (Å²) >= 11 is 0. The number of nitrogens with two attached hydrogens (primary N) is 1. The standard InChI is InChI=1S/C22H22F2N6O2/c1-4-16(25)15-5-6-19(27-21(15)31-3)28-22-26-10-18-20(29-22)30(2)17(11-32-18)12-7-13(23)9-14(24)8-12/h4-10,17H,11,25H2,1-3H3,(H,26,27,28,29)/b16-4-. The molecular formula is C22H22F2N6O2. The molecule has 1 aliphatic heterocycles. The molecule has 1 atom stereocenters. The van der Waals surface area contributed by atoms with Crippen molar-refractivity contribution in [2.75, 3.05) is 31.0 Å². The summed E-state index contributed by atoms with van der Waals surface area (Å²) in [5.74, 6) is 0.733. The second-order valence-electron chi connectivity index (χ2n) is 7.14. The minimum atomic E-state index is -0.647. The Hall–Kier alpha value is -3.95. The highest BCUT2D eigenvalue weighted by Gasteiger charge is 2.29. The lowest BCUT2D eigenvalue weighted by Gasteiger charge is -2.35. The molecule has 3 heterocycles. The number of allylic oxidation sites excluding steroid dienone is 1. The number of likely N-dealkylation sites (N-methyl/N-ethyl adjacent to an activating group) is 1. The van der Waals surface area contributed by atoms with Crippen molar-refractivity contribution in [2.45, 2.75) is 13.0 Å². The highest BCUT2D eigenvalue weighted by molar-refractivity contribution is 5.68. The Morgan fingerprint density at radius 1 is 1.25 bits per heavy atom. The average molecular weight is 440 g/mol. The number of aromatic nitrogens is 3. The Balaban J connectivity index is 1.61. The number of hydrogen-bond donors (Lipinski definition) is 2. The largest absolute Gasteiger partial charge is 0.486 e. The van der Waals surface area contributed by atoms with Crippen LogP contribution in [0.25, 0.3) is 5.70 Å². The fourth-order valence-electron chi connectivity index (χ4n) is 3.45. The van der Waals surface area contributed by atoms with Gasteiger partial charge >= 0.3 is 0 Å². The van der Waals surface area contributed by atoms with Crippen LogP contribution in [0.1, 0.15) is 24.1 Å². The van der Waals surface area contributed by atoms with Gasteiger partial charge in [0, 0.05) is 18.8 Å². The van der Waals surface area contributed by atoms with Crippen LogP contribution in [0.4, 0.5) is 26.4 Å². The SMILES string of the molecule is C/C=C(\N)c1ccc(Nc2ncc3c(n2)N(C)C(c2cc(F)cc(F)c2)CO3)nc1OC. The molecule has 0 fully saturated rings. The highest BCUT2D eigenvalue weighted by Crippen LogP contribution is 2.37. The molecule has 0 spiro atoms. The van der Waals surface area contributed by atoms with Gasteiger partial charge in [-0.25, -0.2) is 13.8 Å². The summed E-state index contributed by atoms with van der Waals surface area (Å²) in [6.45, 7) is 2.03. The fourth-order valence-corrected chi connectivity index (χ4v) is 3.45. The number of nitrogens with zero attached hydrogens (tertiary/aromatic N) is 4. The van der Waals surface area contributed by atoms with Crippen molar-refractivity contribution in [3.63, 3.8) is 0 Å². The molecule has 0 saturated heterocycles. The Labute approximate surface area is 183 Å². The van der Waals surface area contributed by atoms with Crippen LogP contribution in [0.5, 0.6) is 11.6 Å². The molecule has 0 bridgehead atoms. The van der Waals surface area contributed by atoms with Gasteiger partial charge in [-0.3, -0.25) is 0 Å². The molecule has 0 amide bonds. The van der Waals surface area contributed by atoms with E-state index in [-0.39, 0.29) is 12.6 Å². The highest BCUT2D eigenvalue weighted by atomic mass is 19.1.